The van der Waals surface area contributed by atoms with Gasteiger partial charge in [0.15, 0.2) is 0 Å². The van der Waals surface area contributed by atoms with E-state index in [1.807, 2.05) is 32.0 Å². The number of benzene rings is 1. The molecule has 1 aromatic carbocycles. The number of likely N-dealkylation sites (tertiary alicyclic amines) is 1. The van der Waals surface area contributed by atoms with E-state index in [2.05, 4.69) is 22.3 Å². The van der Waals surface area contributed by atoms with Gasteiger partial charge in [-0.25, -0.2) is 0 Å². The van der Waals surface area contributed by atoms with Crippen LogP contribution in [-0.2, 0) is 20.7 Å². The zero-order valence-electron chi connectivity index (χ0n) is 16.5. The van der Waals surface area contributed by atoms with Gasteiger partial charge in [-0.15, -0.1) is 0 Å². The highest BCUT2D eigenvalue weighted by Gasteiger charge is 2.41. The minimum absolute atomic E-state index is 0.124. The van der Waals surface area contributed by atoms with Crippen LogP contribution in [0.4, 0.5) is 0 Å². The Morgan fingerprint density at radius 1 is 1.22 bits per heavy atom. The molecule has 2 aliphatic rings. The van der Waals surface area contributed by atoms with Crippen molar-refractivity contribution in [1.29, 1.82) is 0 Å². The molecule has 3 rings (SSSR count). The molecule has 1 N–H and O–H groups in total. The molecule has 1 aliphatic carbocycles. The van der Waals surface area contributed by atoms with Crippen molar-refractivity contribution in [2.45, 2.75) is 70.5 Å². The van der Waals surface area contributed by atoms with E-state index in [0.717, 1.165) is 25.8 Å². The zero-order chi connectivity index (χ0) is 19.2. The summed E-state index contributed by atoms with van der Waals surface area (Å²) in [4.78, 5) is 27.5. The predicted octanol–water partition coefficient (Wildman–Crippen LogP) is 2.93. The topological polar surface area (TPSA) is 58.6 Å². The predicted molar refractivity (Wildman–Crippen MR) is 105 cm³/mol. The lowest BCUT2D eigenvalue weighted by Crippen LogP contribution is -2.52. The molecule has 4 atom stereocenters. The maximum atomic E-state index is 13.0. The number of aryl methyl sites for hydroxylation is 1. The van der Waals surface area contributed by atoms with Crippen LogP contribution in [0.15, 0.2) is 30.3 Å². The number of nitrogens with zero attached hydrogens (tertiary/aromatic N) is 1. The Balaban J connectivity index is 1.60. The summed E-state index contributed by atoms with van der Waals surface area (Å²) in [6, 6.07) is 9.66. The Morgan fingerprint density at radius 3 is 2.74 bits per heavy atom. The first-order valence-electron chi connectivity index (χ1n) is 10.4. The first kappa shape index (κ1) is 19.9. The standard InChI is InChI=1S/C22H32N2O3/c1-3-27-22(26)19(13-12-17-8-5-4-6-9-17)23-16(2)21(25)24-15-14-18-10-7-11-20(18)24/h4-6,8-9,16,18-20,23H,3,7,10-15H2,1-2H3/t16-,18-,19-,20-/m0/s1. The number of nitrogens with one attached hydrogen (secondary N) is 1. The SMILES string of the molecule is CCOC(=O)[C@H](CCc1ccccc1)N[C@@H](C)C(=O)N1CC[C@@H]2CCC[C@@H]21. The number of ether oxygens (including phenoxy) is 1. The summed E-state index contributed by atoms with van der Waals surface area (Å²) in [5.41, 5.74) is 1.18. The molecule has 0 bridgehead atoms. The Hall–Kier alpha value is -1.88. The molecule has 0 spiro atoms. The molecule has 1 amide bonds. The maximum Gasteiger partial charge on any atom is 0.323 e. The van der Waals surface area contributed by atoms with Crippen molar-refractivity contribution in [3.05, 3.63) is 35.9 Å². The molecule has 2 fully saturated rings. The number of carbonyl (C=O) groups is 2. The fourth-order valence-corrected chi connectivity index (χ4v) is 4.60. The van der Waals surface area contributed by atoms with Crippen LogP contribution in [0, 0.1) is 5.92 Å². The first-order chi connectivity index (χ1) is 13.1. The highest BCUT2D eigenvalue weighted by Crippen LogP contribution is 2.37. The molecular formula is C22H32N2O3. The van der Waals surface area contributed by atoms with E-state index in [9.17, 15) is 9.59 Å². The van der Waals surface area contributed by atoms with E-state index in [0.29, 0.717) is 25.0 Å². The lowest BCUT2D eigenvalue weighted by atomic mass is 10.0. The molecular weight excluding hydrogens is 340 g/mol. The number of hydrogen-bond donors (Lipinski definition) is 1. The molecule has 148 valence electrons. The normalized spacial score (nSPS) is 23.7. The summed E-state index contributed by atoms with van der Waals surface area (Å²) in [6.45, 7) is 4.89. The third-order valence-electron chi connectivity index (χ3n) is 6.00. The number of esters is 1. The van der Waals surface area contributed by atoms with Crippen molar-refractivity contribution in [2.75, 3.05) is 13.2 Å². The fourth-order valence-electron chi connectivity index (χ4n) is 4.60. The van der Waals surface area contributed by atoms with Gasteiger partial charge < -0.3 is 9.64 Å². The average Bonchev–Trinajstić information content (AvgIpc) is 3.29. The van der Waals surface area contributed by atoms with Gasteiger partial charge in [0.25, 0.3) is 0 Å². The average molecular weight is 373 g/mol. The van der Waals surface area contributed by atoms with E-state index in [-0.39, 0.29) is 17.9 Å². The molecule has 0 unspecified atom stereocenters. The van der Waals surface area contributed by atoms with Crippen LogP contribution in [0.25, 0.3) is 0 Å². The van der Waals surface area contributed by atoms with E-state index in [1.165, 1.54) is 18.4 Å². The molecule has 27 heavy (non-hydrogen) atoms. The van der Waals surface area contributed by atoms with Gasteiger partial charge in [-0.1, -0.05) is 36.8 Å². The van der Waals surface area contributed by atoms with E-state index in [4.69, 9.17) is 4.74 Å². The van der Waals surface area contributed by atoms with Crippen LogP contribution >= 0.6 is 0 Å². The first-order valence-corrected chi connectivity index (χ1v) is 10.4. The molecule has 1 aromatic rings. The van der Waals surface area contributed by atoms with Crippen LogP contribution in [0.3, 0.4) is 0 Å². The van der Waals surface area contributed by atoms with E-state index in [1.54, 1.807) is 0 Å². The summed E-state index contributed by atoms with van der Waals surface area (Å²) >= 11 is 0. The molecule has 5 heteroatoms. The number of carbonyl (C=O) groups excluding carboxylic acids is 2. The van der Waals surface area contributed by atoms with Crippen molar-refractivity contribution in [3.8, 4) is 0 Å². The van der Waals surface area contributed by atoms with Crippen molar-refractivity contribution < 1.29 is 14.3 Å². The quantitative estimate of drug-likeness (QED) is 0.713. The van der Waals surface area contributed by atoms with Crippen LogP contribution in [0.1, 0.15) is 51.5 Å². The van der Waals surface area contributed by atoms with Crippen LogP contribution in [0.2, 0.25) is 0 Å². The highest BCUT2D eigenvalue weighted by molar-refractivity contribution is 5.83. The maximum absolute atomic E-state index is 13.0. The van der Waals surface area contributed by atoms with Gasteiger partial charge in [0, 0.05) is 12.6 Å². The van der Waals surface area contributed by atoms with Gasteiger partial charge in [-0.3, -0.25) is 14.9 Å². The summed E-state index contributed by atoms with van der Waals surface area (Å²) in [7, 11) is 0. The Morgan fingerprint density at radius 2 is 2.00 bits per heavy atom. The second-order valence-corrected chi connectivity index (χ2v) is 7.80. The number of amides is 1. The smallest absolute Gasteiger partial charge is 0.323 e. The third kappa shape index (κ3) is 4.89. The molecule has 1 aliphatic heterocycles. The van der Waals surface area contributed by atoms with Crippen LogP contribution in [0.5, 0.6) is 0 Å². The second-order valence-electron chi connectivity index (χ2n) is 7.80. The van der Waals surface area contributed by atoms with Gasteiger partial charge >= 0.3 is 5.97 Å². The minimum atomic E-state index is -0.467. The van der Waals surface area contributed by atoms with Crippen molar-refractivity contribution >= 4 is 11.9 Å². The fraction of sp³-hybridized carbons (Fsp3) is 0.636. The lowest BCUT2D eigenvalue weighted by molar-refractivity contribution is -0.146. The van der Waals surface area contributed by atoms with Gasteiger partial charge in [0.2, 0.25) is 5.91 Å². The molecule has 5 nitrogen and oxygen atoms in total. The molecule has 1 saturated heterocycles. The van der Waals surface area contributed by atoms with Crippen LogP contribution < -0.4 is 5.32 Å². The highest BCUT2D eigenvalue weighted by atomic mass is 16.5. The largest absolute Gasteiger partial charge is 0.465 e. The summed E-state index contributed by atoms with van der Waals surface area (Å²) in [5.74, 6) is 0.534. The van der Waals surface area contributed by atoms with E-state index < -0.39 is 6.04 Å². The Kier molecular flexibility index (Phi) is 6.89. The Bertz CT molecular complexity index is 634. The van der Waals surface area contributed by atoms with Gasteiger partial charge in [0.1, 0.15) is 6.04 Å². The molecule has 0 aromatic heterocycles. The Labute approximate surface area is 162 Å². The summed E-state index contributed by atoms with van der Waals surface area (Å²) < 4.78 is 5.24. The minimum Gasteiger partial charge on any atom is -0.465 e. The zero-order valence-corrected chi connectivity index (χ0v) is 16.5. The van der Waals surface area contributed by atoms with Crippen molar-refractivity contribution in [2.24, 2.45) is 5.92 Å². The second kappa shape index (κ2) is 9.36. The van der Waals surface area contributed by atoms with Gasteiger partial charge in [-0.05, 0) is 57.4 Å². The summed E-state index contributed by atoms with van der Waals surface area (Å²) in [6.07, 6.45) is 6.11. The molecule has 1 saturated carbocycles. The van der Waals surface area contributed by atoms with Gasteiger partial charge in [0.05, 0.1) is 12.6 Å². The molecule has 1 heterocycles. The number of rotatable bonds is 8. The molecule has 0 radical (unpaired) electrons. The van der Waals surface area contributed by atoms with E-state index >= 15 is 0 Å². The summed E-state index contributed by atoms with van der Waals surface area (Å²) in [5, 5.41) is 3.26. The van der Waals surface area contributed by atoms with Gasteiger partial charge in [-0.2, -0.15) is 0 Å². The third-order valence-corrected chi connectivity index (χ3v) is 6.00. The number of hydrogen-bond acceptors (Lipinski definition) is 4. The van der Waals surface area contributed by atoms with Crippen LogP contribution in [-0.4, -0.2) is 48.1 Å². The number of fused-ring (bicyclic) bond motifs is 1. The lowest BCUT2D eigenvalue weighted by Gasteiger charge is -2.29. The monoisotopic (exact) mass is 372 g/mol. The van der Waals surface area contributed by atoms with Crippen molar-refractivity contribution in [1.82, 2.24) is 10.2 Å². The van der Waals surface area contributed by atoms with Crippen molar-refractivity contribution in [3.63, 3.8) is 0 Å².